The van der Waals surface area contributed by atoms with Crippen LogP contribution in [-0.2, 0) is 10.1 Å². The van der Waals surface area contributed by atoms with Crippen molar-refractivity contribution in [1.29, 1.82) is 0 Å². The van der Waals surface area contributed by atoms with E-state index in [1.54, 1.807) is 0 Å². The van der Waals surface area contributed by atoms with Gasteiger partial charge in [-0.25, -0.2) is 8.42 Å². The van der Waals surface area contributed by atoms with Crippen LogP contribution in [0.3, 0.4) is 0 Å². The van der Waals surface area contributed by atoms with Gasteiger partial charge in [0.25, 0.3) is 0 Å². The molecule has 0 saturated heterocycles. The van der Waals surface area contributed by atoms with Crippen molar-refractivity contribution in [2.24, 2.45) is 5.73 Å². The highest BCUT2D eigenvalue weighted by atomic mass is 32.2. The van der Waals surface area contributed by atoms with Gasteiger partial charge in [0.1, 0.15) is 9.85 Å². The maximum absolute atomic E-state index is 10.7. The van der Waals surface area contributed by atoms with Crippen molar-refractivity contribution in [3.63, 3.8) is 0 Å². The Hall–Kier alpha value is -2.03. The van der Waals surface area contributed by atoms with Crippen molar-refractivity contribution in [1.82, 2.24) is 0 Å². The minimum atomic E-state index is -6.09. The molecule has 15 heteroatoms. The van der Waals surface area contributed by atoms with E-state index >= 15 is 0 Å². The zero-order valence-corrected chi connectivity index (χ0v) is 8.84. The Morgan fingerprint density at radius 3 is 1.44 bits per heavy atom. The second-order valence-corrected chi connectivity index (χ2v) is 3.72. The third kappa shape index (κ3) is 6.53. The van der Waals surface area contributed by atoms with Crippen LogP contribution in [0.5, 0.6) is 0 Å². The number of hydrogen-bond acceptors (Lipinski definition) is 7. The smallest absolute Gasteiger partial charge is 0.546 e. The molecule has 0 spiro atoms. The quantitative estimate of drug-likeness (QED) is 0.105. The minimum Gasteiger partial charge on any atom is -0.741 e. The van der Waals surface area contributed by atoms with Crippen LogP contribution in [0.25, 0.3) is 0 Å². The third-order valence-corrected chi connectivity index (χ3v) is 1.55. The minimum absolute atomic E-state index is 0.824. The van der Waals surface area contributed by atoms with E-state index in [1.165, 1.54) is 0 Å². The predicted molar refractivity (Wildman–Crippen MR) is 44.6 cm³/mol. The van der Waals surface area contributed by atoms with Gasteiger partial charge in [0.05, 0.1) is 0 Å². The van der Waals surface area contributed by atoms with Gasteiger partial charge in [-0.2, -0.15) is 13.2 Å². The van der Waals surface area contributed by atoms with Gasteiger partial charge in [0.2, 0.25) is 0 Å². The molecule has 0 unspecified atom stereocenters. The fourth-order valence-electron chi connectivity index (χ4n) is 0.320. The average molecular weight is 298 g/mol. The van der Waals surface area contributed by atoms with Crippen LogP contribution in [-0.4, -0.2) is 40.3 Å². The lowest BCUT2D eigenvalue weighted by Gasteiger charge is -2.08. The van der Waals surface area contributed by atoms with Crippen molar-refractivity contribution in [3.8, 4) is 0 Å². The van der Waals surface area contributed by atoms with E-state index in [-0.39, 0.29) is 0 Å². The maximum Gasteiger partial charge on any atom is 0.546 e. The van der Waals surface area contributed by atoms with Crippen LogP contribution in [0, 0.1) is 20.2 Å². The molecule has 18 heavy (non-hydrogen) atoms. The summed E-state index contributed by atoms with van der Waals surface area (Å²) in [6.45, 7) is 0. The fourth-order valence-corrected chi connectivity index (χ4v) is 0.320. The molecule has 0 bridgehead atoms. The molecule has 0 saturated carbocycles. The molecule has 0 heterocycles. The monoisotopic (exact) mass is 298 g/mol. The molecular weight excluding hydrogens is 293 g/mol. The molecule has 0 fully saturated rings. The number of amidine groups is 1. The number of hydrogen-bond donors (Lipinski definition) is 2. The topological polar surface area (TPSA) is 195 Å². The van der Waals surface area contributed by atoms with Crippen LogP contribution in [0.15, 0.2) is 0 Å². The molecule has 0 radical (unpaired) electrons. The molecule has 0 aliphatic rings. The molecular formula is C3H5F3N4O7S. The Morgan fingerprint density at radius 2 is 1.44 bits per heavy atom. The summed E-state index contributed by atoms with van der Waals surface area (Å²) in [4.78, 5) is 17.2. The number of nitro groups is 2. The summed E-state index contributed by atoms with van der Waals surface area (Å²) in [5.41, 5.74) is -0.996. The van der Waals surface area contributed by atoms with E-state index in [9.17, 15) is 33.4 Å². The van der Waals surface area contributed by atoms with Crippen molar-refractivity contribution >= 4 is 16.0 Å². The zero-order valence-electron chi connectivity index (χ0n) is 8.03. The maximum atomic E-state index is 10.7. The number of rotatable bonds is 3. The lowest BCUT2D eigenvalue weighted by molar-refractivity contribution is -0.723. The Morgan fingerprint density at radius 1 is 1.22 bits per heavy atom. The fraction of sp³-hybridized carbons (Fsp3) is 0.667. The van der Waals surface area contributed by atoms with E-state index in [2.05, 4.69) is 11.1 Å². The molecule has 4 N–H and O–H groups in total. The Kier molecular flexibility index (Phi) is 6.17. The number of nitrogens with zero attached hydrogens (tertiary/aromatic N) is 2. The Balaban J connectivity index is 0. The van der Waals surface area contributed by atoms with Crippen LogP contribution in [0.1, 0.15) is 0 Å². The summed E-state index contributed by atoms with van der Waals surface area (Å²) < 4.78 is 58.9. The van der Waals surface area contributed by atoms with Crippen molar-refractivity contribution in [3.05, 3.63) is 20.2 Å². The van der Waals surface area contributed by atoms with Gasteiger partial charge in [-0.1, -0.05) is 0 Å². The Labute approximate surface area is 95.9 Å². The molecule has 106 valence electrons. The Bertz CT molecular complexity index is 410. The van der Waals surface area contributed by atoms with Gasteiger partial charge in [-0.05, 0) is 0 Å². The highest BCUT2D eigenvalue weighted by Gasteiger charge is 2.40. The van der Waals surface area contributed by atoms with Crippen molar-refractivity contribution in [2.45, 2.75) is 11.7 Å². The molecule has 0 aliphatic carbocycles. The van der Waals surface area contributed by atoms with Crippen molar-refractivity contribution in [2.75, 3.05) is 0 Å². The SMILES string of the molecule is NC(=[NH2+])C([N+](=O)[O-])[N+](=O)[O-].O=S(=O)([O-])C(F)(F)F. The summed E-state index contributed by atoms with van der Waals surface area (Å²) in [6, 6.07) is 0. The molecule has 0 aromatic carbocycles. The van der Waals surface area contributed by atoms with Gasteiger partial charge in [0.15, 0.2) is 10.1 Å². The molecule has 0 atom stereocenters. The molecule has 0 aromatic rings. The predicted octanol–water partition coefficient (Wildman–Crippen LogP) is -2.97. The van der Waals surface area contributed by atoms with E-state index in [1.807, 2.05) is 0 Å². The molecule has 0 aromatic heterocycles. The lowest BCUT2D eigenvalue weighted by Crippen LogP contribution is -2.57. The van der Waals surface area contributed by atoms with E-state index < -0.39 is 37.5 Å². The zero-order chi connectivity index (χ0) is 15.3. The first-order chi connectivity index (χ1) is 7.71. The third-order valence-electron chi connectivity index (χ3n) is 0.981. The summed E-state index contributed by atoms with van der Waals surface area (Å²) in [5, 5.41) is 24.2. The number of alkyl halides is 3. The average Bonchev–Trinajstić information content (AvgIpc) is 1.96. The van der Waals surface area contributed by atoms with Crippen LogP contribution >= 0.6 is 0 Å². The summed E-state index contributed by atoms with van der Waals surface area (Å²) in [5.74, 6) is -0.824. The van der Waals surface area contributed by atoms with E-state index in [0.717, 1.165) is 0 Å². The van der Waals surface area contributed by atoms with Crippen LogP contribution < -0.4 is 11.1 Å². The first kappa shape index (κ1) is 18.3. The molecule has 0 rings (SSSR count). The van der Waals surface area contributed by atoms with E-state index in [4.69, 9.17) is 13.0 Å². The number of halogens is 3. The van der Waals surface area contributed by atoms with Gasteiger partial charge in [-0.15, -0.1) is 0 Å². The second kappa shape index (κ2) is 6.05. The number of nitrogens with two attached hydrogens (primary N) is 2. The first-order valence-electron chi connectivity index (χ1n) is 3.38. The van der Waals surface area contributed by atoms with Gasteiger partial charge in [-0.3, -0.25) is 31.4 Å². The van der Waals surface area contributed by atoms with E-state index in [0.29, 0.717) is 0 Å². The van der Waals surface area contributed by atoms with Gasteiger partial charge < -0.3 is 4.55 Å². The van der Waals surface area contributed by atoms with Crippen molar-refractivity contribution < 1.29 is 41.4 Å². The van der Waals surface area contributed by atoms with Gasteiger partial charge in [0, 0.05) is 0 Å². The standard InChI is InChI=1S/C2H4N4O4.CHF3O3S/c3-1(4)2(5(7)8)6(9)10;2-1(3,4)8(5,6)7/h2H,(H3,3,4);(H,5,6,7). The largest absolute Gasteiger partial charge is 0.741 e. The van der Waals surface area contributed by atoms with Gasteiger partial charge >= 0.3 is 17.5 Å². The summed E-state index contributed by atoms with van der Waals surface area (Å²) >= 11 is 0. The highest BCUT2D eigenvalue weighted by Crippen LogP contribution is 2.20. The summed E-state index contributed by atoms with van der Waals surface area (Å²) in [7, 11) is -6.09. The molecule has 11 nitrogen and oxygen atoms in total. The molecule has 0 amide bonds. The molecule has 0 aliphatic heterocycles. The van der Waals surface area contributed by atoms with Crippen LogP contribution in [0.4, 0.5) is 13.2 Å². The normalized spacial score (nSPS) is 11.4. The first-order valence-corrected chi connectivity index (χ1v) is 4.79. The summed E-state index contributed by atoms with van der Waals surface area (Å²) in [6.07, 6.45) is -2.19. The van der Waals surface area contributed by atoms with Crippen LogP contribution in [0.2, 0.25) is 0 Å². The lowest BCUT2D eigenvalue weighted by atomic mass is 10.5. The second-order valence-electron chi connectivity index (χ2n) is 2.34. The highest BCUT2D eigenvalue weighted by molar-refractivity contribution is 7.86.